The summed E-state index contributed by atoms with van der Waals surface area (Å²) in [6.45, 7) is 2.87. The first kappa shape index (κ1) is 15.1. The Morgan fingerprint density at radius 3 is 2.82 bits per heavy atom. The van der Waals surface area contributed by atoms with Crippen LogP contribution in [0.2, 0.25) is 0 Å². The summed E-state index contributed by atoms with van der Waals surface area (Å²) in [5.41, 5.74) is 2.98. The van der Waals surface area contributed by atoms with Gasteiger partial charge in [-0.2, -0.15) is 0 Å². The average molecular weight is 319 g/mol. The Kier molecular flexibility index (Phi) is 3.98. The maximum atomic E-state index is 11.9. The van der Waals surface area contributed by atoms with Gasteiger partial charge in [0.05, 0.1) is 5.69 Å². The maximum Gasteiger partial charge on any atom is 0.223 e. The number of nitrogens with zero attached hydrogens (tertiary/aromatic N) is 1. The molecule has 2 aromatic rings. The number of hydrogen-bond acceptors (Lipinski definition) is 3. The van der Waals surface area contributed by atoms with Gasteiger partial charge in [-0.1, -0.05) is 12.1 Å². The van der Waals surface area contributed by atoms with Gasteiger partial charge in [-0.05, 0) is 29.6 Å². The highest BCUT2D eigenvalue weighted by atomic mass is 35.5. The second-order valence-electron chi connectivity index (χ2n) is 5.72. The molecule has 0 aromatic heterocycles. The fourth-order valence-corrected chi connectivity index (χ4v) is 3.51. The van der Waals surface area contributed by atoms with Crippen LogP contribution in [0.4, 0.5) is 5.69 Å². The van der Waals surface area contributed by atoms with Crippen LogP contribution >= 0.6 is 11.6 Å². The van der Waals surface area contributed by atoms with Crippen molar-refractivity contribution in [3.63, 3.8) is 0 Å². The fourth-order valence-electron chi connectivity index (χ4n) is 3.26. The lowest BCUT2D eigenvalue weighted by Gasteiger charge is -2.16. The third-order valence-corrected chi connectivity index (χ3v) is 4.62. The first-order valence-electron chi connectivity index (χ1n) is 7.34. The second kappa shape index (κ2) is 5.78. The van der Waals surface area contributed by atoms with E-state index in [1.54, 1.807) is 17.9 Å². The molecule has 3 rings (SSSR count). The Hall–Kier alpha value is -1.78. The van der Waals surface area contributed by atoms with Crippen LogP contribution in [0.15, 0.2) is 24.3 Å². The summed E-state index contributed by atoms with van der Waals surface area (Å²) in [5, 5.41) is 15.2. The number of fused-ring (bicyclic) bond motifs is 3. The molecule has 2 aromatic carbocycles. The van der Waals surface area contributed by atoms with Gasteiger partial charge in [-0.25, -0.2) is 0 Å². The Morgan fingerprint density at radius 2 is 2.18 bits per heavy atom. The first-order valence-corrected chi connectivity index (χ1v) is 7.87. The van der Waals surface area contributed by atoms with Crippen LogP contribution in [0.3, 0.4) is 0 Å². The van der Waals surface area contributed by atoms with E-state index < -0.39 is 0 Å². The van der Waals surface area contributed by atoms with Gasteiger partial charge in [0.15, 0.2) is 0 Å². The largest absolute Gasteiger partial charge is 0.507 e. The van der Waals surface area contributed by atoms with Crippen molar-refractivity contribution < 1.29 is 9.90 Å². The van der Waals surface area contributed by atoms with E-state index in [0.29, 0.717) is 12.4 Å². The molecule has 1 unspecified atom stereocenters. The van der Waals surface area contributed by atoms with E-state index in [1.165, 1.54) is 0 Å². The van der Waals surface area contributed by atoms with Crippen molar-refractivity contribution >= 4 is 34.0 Å². The van der Waals surface area contributed by atoms with Crippen molar-refractivity contribution in [1.82, 2.24) is 5.32 Å². The number of phenolic OH excluding ortho intramolecular Hbond substituents is 1. The van der Waals surface area contributed by atoms with Gasteiger partial charge < -0.3 is 15.3 Å². The molecule has 1 aliphatic rings. The fraction of sp³-hybridized carbons (Fsp3) is 0.353. The van der Waals surface area contributed by atoms with Crippen LogP contribution in [0, 0.1) is 0 Å². The minimum Gasteiger partial charge on any atom is -0.507 e. The molecule has 0 spiro atoms. The maximum absolute atomic E-state index is 11.9. The molecule has 0 fully saturated rings. The third-order valence-electron chi connectivity index (χ3n) is 4.25. The third kappa shape index (κ3) is 2.32. The molecule has 0 saturated heterocycles. The highest BCUT2D eigenvalue weighted by Gasteiger charge is 2.33. The minimum absolute atomic E-state index is 0.0287. The first-order chi connectivity index (χ1) is 10.6. The molecular weight excluding hydrogens is 300 g/mol. The number of aromatic hydroxyl groups is 1. The van der Waals surface area contributed by atoms with E-state index >= 15 is 0 Å². The molecule has 116 valence electrons. The van der Waals surface area contributed by atoms with Crippen molar-refractivity contribution in [2.45, 2.75) is 19.4 Å². The van der Waals surface area contributed by atoms with E-state index in [1.807, 2.05) is 19.2 Å². The summed E-state index contributed by atoms with van der Waals surface area (Å²) < 4.78 is 0. The van der Waals surface area contributed by atoms with E-state index in [-0.39, 0.29) is 17.6 Å². The zero-order valence-corrected chi connectivity index (χ0v) is 13.4. The zero-order valence-electron chi connectivity index (χ0n) is 12.7. The number of amides is 1. The second-order valence-corrected chi connectivity index (χ2v) is 6.03. The molecule has 2 N–H and O–H groups in total. The van der Waals surface area contributed by atoms with Crippen LogP contribution in [0.5, 0.6) is 5.75 Å². The standard InChI is InChI=1S/C17H19ClN2O2/c1-10(21)20-9-12(7-18)17-14-5-11(8-19-2)3-4-13(14)16(22)6-15(17)20/h3-6,12,19,22H,7-9H2,1-2H3. The Bertz CT molecular complexity index is 745. The van der Waals surface area contributed by atoms with Crippen LogP contribution in [0.1, 0.15) is 24.0 Å². The van der Waals surface area contributed by atoms with Gasteiger partial charge >= 0.3 is 0 Å². The van der Waals surface area contributed by atoms with Crippen molar-refractivity contribution in [2.75, 3.05) is 24.4 Å². The number of hydrogen-bond donors (Lipinski definition) is 2. The monoisotopic (exact) mass is 318 g/mol. The van der Waals surface area contributed by atoms with E-state index in [0.717, 1.165) is 34.1 Å². The summed E-state index contributed by atoms with van der Waals surface area (Å²) in [5.74, 6) is 0.714. The molecule has 0 saturated carbocycles. The van der Waals surface area contributed by atoms with Gasteiger partial charge in [0.2, 0.25) is 5.91 Å². The highest BCUT2D eigenvalue weighted by Crippen LogP contribution is 2.45. The normalized spacial score (nSPS) is 17.0. The van der Waals surface area contributed by atoms with Gasteiger partial charge in [-0.15, -0.1) is 11.6 Å². The lowest BCUT2D eigenvalue weighted by molar-refractivity contribution is -0.116. The van der Waals surface area contributed by atoms with Crippen LogP contribution in [-0.2, 0) is 11.3 Å². The molecule has 1 amide bonds. The van der Waals surface area contributed by atoms with Crippen LogP contribution in [-0.4, -0.2) is 30.5 Å². The summed E-state index contributed by atoms with van der Waals surface area (Å²) in [4.78, 5) is 13.6. The molecule has 0 radical (unpaired) electrons. The Morgan fingerprint density at radius 1 is 1.41 bits per heavy atom. The molecule has 22 heavy (non-hydrogen) atoms. The Balaban J connectivity index is 2.28. The number of halogens is 1. The predicted molar refractivity (Wildman–Crippen MR) is 89.9 cm³/mol. The summed E-state index contributed by atoms with van der Waals surface area (Å²) in [6, 6.07) is 7.69. The van der Waals surface area contributed by atoms with Gasteiger partial charge in [0.25, 0.3) is 0 Å². The van der Waals surface area contributed by atoms with Crippen molar-refractivity contribution in [2.24, 2.45) is 0 Å². The number of phenols is 1. The SMILES string of the molecule is CNCc1ccc2c(O)cc3c(c2c1)C(CCl)CN3C(C)=O. The molecule has 0 aliphatic carbocycles. The van der Waals surface area contributed by atoms with Crippen LogP contribution in [0.25, 0.3) is 10.8 Å². The molecule has 5 heteroatoms. The number of benzene rings is 2. The Labute approximate surface area is 134 Å². The molecule has 1 aliphatic heterocycles. The summed E-state index contributed by atoms with van der Waals surface area (Å²) in [6.07, 6.45) is 0. The summed E-state index contributed by atoms with van der Waals surface area (Å²) >= 11 is 6.13. The molecule has 1 heterocycles. The lowest BCUT2D eigenvalue weighted by Crippen LogP contribution is -2.27. The quantitative estimate of drug-likeness (QED) is 0.856. The topological polar surface area (TPSA) is 52.6 Å². The van der Waals surface area contributed by atoms with Crippen molar-refractivity contribution in [3.05, 3.63) is 35.4 Å². The minimum atomic E-state index is -0.0287. The van der Waals surface area contributed by atoms with Gasteiger partial charge in [0, 0.05) is 43.3 Å². The number of carbonyl (C=O) groups is 1. The molecular formula is C17H19ClN2O2. The van der Waals surface area contributed by atoms with E-state index in [2.05, 4.69) is 11.4 Å². The van der Waals surface area contributed by atoms with E-state index in [9.17, 15) is 9.90 Å². The zero-order chi connectivity index (χ0) is 15.9. The molecule has 4 nitrogen and oxygen atoms in total. The number of anilines is 1. The number of rotatable bonds is 3. The van der Waals surface area contributed by atoms with Crippen molar-refractivity contribution in [3.8, 4) is 5.75 Å². The van der Waals surface area contributed by atoms with Crippen molar-refractivity contribution in [1.29, 1.82) is 0 Å². The number of alkyl halides is 1. The summed E-state index contributed by atoms with van der Waals surface area (Å²) in [7, 11) is 1.90. The van der Waals surface area contributed by atoms with E-state index in [4.69, 9.17) is 11.6 Å². The average Bonchev–Trinajstić information content (AvgIpc) is 2.86. The number of nitrogens with one attached hydrogen (secondary N) is 1. The van der Waals surface area contributed by atoms with Crippen LogP contribution < -0.4 is 10.2 Å². The smallest absolute Gasteiger partial charge is 0.223 e. The number of carbonyl (C=O) groups excluding carboxylic acids is 1. The lowest BCUT2D eigenvalue weighted by atomic mass is 9.94. The molecule has 1 atom stereocenters. The predicted octanol–water partition coefficient (Wildman–Crippen LogP) is 2.95. The van der Waals surface area contributed by atoms with Gasteiger partial charge in [-0.3, -0.25) is 4.79 Å². The van der Waals surface area contributed by atoms with Gasteiger partial charge in [0.1, 0.15) is 5.75 Å². The molecule has 0 bridgehead atoms. The highest BCUT2D eigenvalue weighted by molar-refractivity contribution is 6.19.